The molecule has 2 aromatic rings. The lowest BCUT2D eigenvalue weighted by Crippen LogP contribution is -2.43. The van der Waals surface area contributed by atoms with Gasteiger partial charge in [-0.1, -0.05) is 30.4 Å². The molecule has 25 heavy (non-hydrogen) atoms. The van der Waals surface area contributed by atoms with Crippen LogP contribution in [-0.2, 0) is 5.54 Å². The summed E-state index contributed by atoms with van der Waals surface area (Å²) in [6.45, 7) is 9.76. The zero-order valence-electron chi connectivity index (χ0n) is 14.7. The Morgan fingerprint density at radius 3 is 2.60 bits per heavy atom. The normalized spacial score (nSPS) is 10.8. The Kier molecular flexibility index (Phi) is 5.22. The Labute approximate surface area is 147 Å². The predicted octanol–water partition coefficient (Wildman–Crippen LogP) is 5.02. The van der Waals surface area contributed by atoms with Gasteiger partial charge in [0.05, 0.1) is 11.2 Å². The molecule has 6 heteroatoms. The van der Waals surface area contributed by atoms with Gasteiger partial charge in [0.1, 0.15) is 5.69 Å². The standard InChI is InChI=1S/C19H23N5O/c1-12(2)13-6-5-7-14(10-13)19(3,4)23-18(25)22-15-8-9-16(20)17(11-15)24-21/h5-11,21H,1,20H2,2-4H3,(H2,22,23,25). The number of allylic oxidation sites excluding steroid dienone is 1. The molecule has 0 aliphatic carbocycles. The number of nitrogens with two attached hydrogens (primary N) is 1. The lowest BCUT2D eigenvalue weighted by Gasteiger charge is -2.27. The Hall–Kier alpha value is -3.15. The Bertz CT molecular complexity index is 826. The van der Waals surface area contributed by atoms with Gasteiger partial charge in [-0.3, -0.25) is 0 Å². The van der Waals surface area contributed by atoms with Crippen molar-refractivity contribution in [3.63, 3.8) is 0 Å². The Balaban J connectivity index is 2.14. The van der Waals surface area contributed by atoms with E-state index in [9.17, 15) is 4.79 Å². The largest absolute Gasteiger partial charge is 0.397 e. The van der Waals surface area contributed by atoms with Crippen molar-refractivity contribution in [2.75, 3.05) is 11.1 Å². The zero-order chi connectivity index (χ0) is 18.6. The minimum Gasteiger partial charge on any atom is -0.397 e. The minimum absolute atomic E-state index is 0.311. The third-order valence-electron chi connectivity index (χ3n) is 3.91. The first-order chi connectivity index (χ1) is 11.7. The van der Waals surface area contributed by atoms with Crippen molar-refractivity contribution >= 4 is 28.7 Å². The van der Waals surface area contributed by atoms with E-state index >= 15 is 0 Å². The molecule has 0 aromatic heterocycles. The smallest absolute Gasteiger partial charge is 0.319 e. The molecule has 0 radical (unpaired) electrons. The van der Waals surface area contributed by atoms with Crippen LogP contribution >= 0.6 is 0 Å². The molecular formula is C19H23N5O. The van der Waals surface area contributed by atoms with Gasteiger partial charge in [-0.05, 0) is 56.2 Å². The molecule has 5 N–H and O–H groups in total. The first-order valence-electron chi connectivity index (χ1n) is 7.85. The van der Waals surface area contributed by atoms with Crippen molar-refractivity contribution in [3.8, 4) is 0 Å². The summed E-state index contributed by atoms with van der Waals surface area (Å²) in [6, 6.07) is 12.4. The molecule has 0 bridgehead atoms. The summed E-state index contributed by atoms with van der Waals surface area (Å²) < 4.78 is 0. The summed E-state index contributed by atoms with van der Waals surface area (Å²) in [5.41, 5.74) is 16.4. The molecule has 2 rings (SSSR count). The molecule has 0 unspecified atom stereocenters. The van der Waals surface area contributed by atoms with Gasteiger partial charge < -0.3 is 16.4 Å². The van der Waals surface area contributed by atoms with Gasteiger partial charge in [-0.15, -0.1) is 0 Å². The number of carbonyl (C=O) groups excluding carboxylic acids is 1. The number of hydrogen-bond donors (Lipinski definition) is 4. The summed E-state index contributed by atoms with van der Waals surface area (Å²) in [5.74, 6) is 0. The van der Waals surface area contributed by atoms with Crippen LogP contribution in [0.5, 0.6) is 0 Å². The SMILES string of the molecule is C=C(C)c1cccc(C(C)(C)NC(=O)Nc2ccc(N)c(N=N)c2)c1. The highest BCUT2D eigenvalue weighted by atomic mass is 16.2. The summed E-state index contributed by atoms with van der Waals surface area (Å²) >= 11 is 0. The molecular weight excluding hydrogens is 314 g/mol. The summed E-state index contributed by atoms with van der Waals surface area (Å²) in [5, 5.41) is 9.02. The molecule has 2 amide bonds. The summed E-state index contributed by atoms with van der Waals surface area (Å²) in [7, 11) is 0. The van der Waals surface area contributed by atoms with Crippen molar-refractivity contribution in [3.05, 3.63) is 60.2 Å². The van der Waals surface area contributed by atoms with E-state index in [1.165, 1.54) is 0 Å². The Morgan fingerprint density at radius 2 is 1.96 bits per heavy atom. The van der Waals surface area contributed by atoms with E-state index in [0.717, 1.165) is 16.7 Å². The van der Waals surface area contributed by atoms with Crippen LogP contribution in [0.1, 0.15) is 31.9 Å². The molecule has 0 atom stereocenters. The fraction of sp³-hybridized carbons (Fsp3) is 0.211. The van der Waals surface area contributed by atoms with Gasteiger partial charge in [0, 0.05) is 5.69 Å². The van der Waals surface area contributed by atoms with Gasteiger partial charge in [-0.2, -0.15) is 5.11 Å². The van der Waals surface area contributed by atoms with Gasteiger partial charge in [0.2, 0.25) is 0 Å². The van der Waals surface area contributed by atoms with Crippen molar-refractivity contribution in [2.45, 2.75) is 26.3 Å². The number of amides is 2. The molecule has 0 spiro atoms. The highest BCUT2D eigenvalue weighted by Crippen LogP contribution is 2.26. The number of anilines is 2. The number of benzene rings is 2. The lowest BCUT2D eigenvalue weighted by atomic mass is 9.92. The molecule has 0 aliphatic heterocycles. The molecule has 0 aliphatic rings. The van der Waals surface area contributed by atoms with Crippen LogP contribution in [0.15, 0.2) is 54.2 Å². The average Bonchev–Trinajstić information content (AvgIpc) is 2.56. The van der Waals surface area contributed by atoms with Crippen molar-refractivity contribution in [1.29, 1.82) is 5.53 Å². The Morgan fingerprint density at radius 1 is 1.24 bits per heavy atom. The van der Waals surface area contributed by atoms with Crippen LogP contribution in [-0.4, -0.2) is 6.03 Å². The molecule has 0 saturated carbocycles. The van der Waals surface area contributed by atoms with Crippen LogP contribution in [0, 0.1) is 5.53 Å². The second-order valence-electron chi connectivity index (χ2n) is 6.45. The average molecular weight is 337 g/mol. The van der Waals surface area contributed by atoms with Crippen molar-refractivity contribution < 1.29 is 4.79 Å². The van der Waals surface area contributed by atoms with E-state index in [4.69, 9.17) is 11.3 Å². The maximum Gasteiger partial charge on any atom is 0.319 e. The molecule has 6 nitrogen and oxygen atoms in total. The van der Waals surface area contributed by atoms with Crippen LogP contribution in [0.4, 0.5) is 21.9 Å². The van der Waals surface area contributed by atoms with Crippen molar-refractivity contribution in [1.82, 2.24) is 5.32 Å². The predicted molar refractivity (Wildman–Crippen MR) is 102 cm³/mol. The van der Waals surface area contributed by atoms with E-state index in [1.54, 1.807) is 18.2 Å². The monoisotopic (exact) mass is 337 g/mol. The molecule has 0 heterocycles. The highest BCUT2D eigenvalue weighted by Gasteiger charge is 2.23. The number of nitrogen functional groups attached to an aromatic ring is 1. The highest BCUT2D eigenvalue weighted by molar-refractivity contribution is 5.91. The second kappa shape index (κ2) is 7.17. The third-order valence-corrected chi connectivity index (χ3v) is 3.91. The fourth-order valence-electron chi connectivity index (χ4n) is 2.41. The number of nitrogens with zero attached hydrogens (tertiary/aromatic N) is 1. The number of urea groups is 1. The molecule has 130 valence electrons. The minimum atomic E-state index is -0.577. The van der Waals surface area contributed by atoms with Crippen LogP contribution in [0.25, 0.3) is 5.57 Å². The van der Waals surface area contributed by atoms with Gasteiger partial charge >= 0.3 is 6.03 Å². The van der Waals surface area contributed by atoms with E-state index in [2.05, 4.69) is 22.3 Å². The maximum absolute atomic E-state index is 12.4. The quantitative estimate of drug-likeness (QED) is 0.454. The second-order valence-corrected chi connectivity index (χ2v) is 6.45. The van der Waals surface area contributed by atoms with Gasteiger partial charge in [-0.25, -0.2) is 10.3 Å². The van der Waals surface area contributed by atoms with Crippen LogP contribution in [0.2, 0.25) is 0 Å². The first kappa shape index (κ1) is 18.2. The van der Waals surface area contributed by atoms with Crippen LogP contribution in [0.3, 0.4) is 0 Å². The summed E-state index contributed by atoms with van der Waals surface area (Å²) in [6.07, 6.45) is 0. The molecule has 0 fully saturated rings. The van der Waals surface area contributed by atoms with Gasteiger partial charge in [0.15, 0.2) is 0 Å². The van der Waals surface area contributed by atoms with Crippen molar-refractivity contribution in [2.24, 2.45) is 5.11 Å². The van der Waals surface area contributed by atoms with E-state index in [1.807, 2.05) is 45.0 Å². The molecule has 0 saturated heterocycles. The number of nitrogens with one attached hydrogen (secondary N) is 3. The van der Waals surface area contributed by atoms with E-state index in [-0.39, 0.29) is 6.03 Å². The third kappa shape index (κ3) is 4.44. The first-order valence-corrected chi connectivity index (χ1v) is 7.85. The van der Waals surface area contributed by atoms with Gasteiger partial charge in [0.25, 0.3) is 0 Å². The summed E-state index contributed by atoms with van der Waals surface area (Å²) in [4.78, 5) is 12.4. The van der Waals surface area contributed by atoms with E-state index in [0.29, 0.717) is 17.1 Å². The number of rotatable bonds is 5. The molecule has 2 aromatic carbocycles. The number of carbonyl (C=O) groups is 1. The van der Waals surface area contributed by atoms with E-state index < -0.39 is 5.54 Å². The zero-order valence-corrected chi connectivity index (χ0v) is 14.7. The topological polar surface area (TPSA) is 103 Å². The maximum atomic E-state index is 12.4. The number of hydrogen-bond acceptors (Lipinski definition) is 4. The lowest BCUT2D eigenvalue weighted by molar-refractivity contribution is 0.242. The fourth-order valence-corrected chi connectivity index (χ4v) is 2.41. The van der Waals surface area contributed by atoms with Crippen LogP contribution < -0.4 is 16.4 Å².